The molecule has 0 saturated carbocycles. The van der Waals surface area contributed by atoms with Gasteiger partial charge in [0.1, 0.15) is 5.84 Å². The molecule has 0 amide bonds. The average Bonchev–Trinajstić information content (AvgIpc) is 3.17. The predicted octanol–water partition coefficient (Wildman–Crippen LogP) is 4.63. The van der Waals surface area contributed by atoms with Crippen LogP contribution in [0.4, 0.5) is 11.4 Å². The van der Waals surface area contributed by atoms with Crippen LogP contribution in [0.25, 0.3) is 21.9 Å². The summed E-state index contributed by atoms with van der Waals surface area (Å²) in [7, 11) is 1.94. The Labute approximate surface area is 208 Å². The van der Waals surface area contributed by atoms with Gasteiger partial charge >= 0.3 is 0 Å². The van der Waals surface area contributed by atoms with Gasteiger partial charge in [-0.25, -0.2) is 4.98 Å². The van der Waals surface area contributed by atoms with E-state index in [1.54, 1.807) is 42.2 Å². The lowest BCUT2D eigenvalue weighted by Crippen LogP contribution is -2.19. The van der Waals surface area contributed by atoms with Crippen LogP contribution in [0, 0.1) is 5.41 Å². The minimum atomic E-state index is -2.52. The van der Waals surface area contributed by atoms with Crippen LogP contribution in [-0.2, 0) is 24.1 Å². The number of nitrogens with two attached hydrogens (primary N) is 1. The molecule has 10 heteroatoms. The van der Waals surface area contributed by atoms with Crippen molar-refractivity contribution in [3.05, 3.63) is 90.1 Å². The minimum Gasteiger partial charge on any atom is -0.755 e. The Kier molecular flexibility index (Phi) is 6.25. The third-order valence-corrected chi connectivity index (χ3v) is 7.48. The number of nitrogens with one attached hydrogen (secondary N) is 1. The highest BCUT2D eigenvalue weighted by Gasteiger charge is 2.15. The first kappa shape index (κ1) is 23.0. The molecule has 0 aliphatic carbocycles. The molecule has 1 unspecified atom stereocenters. The number of pyridine rings is 1. The summed E-state index contributed by atoms with van der Waals surface area (Å²) in [6, 6.07) is 22.1. The molecule has 3 aromatic carbocycles. The number of nitrogens with zero attached hydrogens (tertiary/aromatic N) is 4. The molecule has 0 spiro atoms. The van der Waals surface area contributed by atoms with Crippen molar-refractivity contribution in [1.29, 1.82) is 5.41 Å². The quantitative estimate of drug-likeness (QED) is 0.145. The molecular weight excluding hydrogens is 480 g/mol. The number of benzene rings is 3. The maximum Gasteiger partial charge on any atom is 0.169 e. The van der Waals surface area contributed by atoms with E-state index in [9.17, 15) is 8.76 Å². The van der Waals surface area contributed by atoms with Gasteiger partial charge in [0.2, 0.25) is 0 Å². The third kappa shape index (κ3) is 4.63. The molecule has 3 N–H and O–H groups in total. The summed E-state index contributed by atoms with van der Waals surface area (Å²) in [4.78, 5) is 9.05. The summed E-state index contributed by atoms with van der Waals surface area (Å²) < 4.78 is 27.7. The Balaban J connectivity index is 1.44. The fourth-order valence-electron chi connectivity index (χ4n) is 3.86. The smallest absolute Gasteiger partial charge is 0.169 e. The molecule has 35 heavy (non-hydrogen) atoms. The molecule has 0 fully saturated rings. The number of rotatable bonds is 7. The number of hydrogen-bond acceptors (Lipinski definition) is 6. The minimum absolute atomic E-state index is 0.0452. The Morgan fingerprint density at radius 3 is 2.57 bits per heavy atom. The highest BCUT2D eigenvalue weighted by Crippen LogP contribution is 2.33. The summed E-state index contributed by atoms with van der Waals surface area (Å²) in [5, 5.41) is 9.19. The summed E-state index contributed by atoms with van der Waals surface area (Å²) in [5.41, 5.74) is 10.7. The van der Waals surface area contributed by atoms with Crippen molar-refractivity contribution >= 4 is 62.2 Å². The zero-order valence-electron chi connectivity index (χ0n) is 18.7. The molecule has 0 saturated heterocycles. The predicted molar refractivity (Wildman–Crippen MR) is 141 cm³/mol. The van der Waals surface area contributed by atoms with Gasteiger partial charge in [-0.3, -0.25) is 18.9 Å². The summed E-state index contributed by atoms with van der Waals surface area (Å²) in [6.45, 7) is 0. The molecule has 5 rings (SSSR count). The van der Waals surface area contributed by atoms with Crippen molar-refractivity contribution in [1.82, 2.24) is 14.5 Å². The van der Waals surface area contributed by atoms with E-state index in [0.29, 0.717) is 28.2 Å². The highest BCUT2D eigenvalue weighted by molar-refractivity contribution is 7.98. The second-order valence-electron chi connectivity index (χ2n) is 7.92. The van der Waals surface area contributed by atoms with E-state index in [2.05, 4.69) is 4.98 Å². The number of aromatic nitrogens is 3. The fraction of sp³-hybridized carbons (Fsp3) is 0.0800. The lowest BCUT2D eigenvalue weighted by molar-refractivity contribution is 0.537. The van der Waals surface area contributed by atoms with E-state index in [1.807, 2.05) is 60.1 Å². The van der Waals surface area contributed by atoms with Crippen LogP contribution in [0.3, 0.4) is 0 Å². The van der Waals surface area contributed by atoms with E-state index in [1.165, 1.54) is 4.31 Å². The Hall–Kier alpha value is -3.73. The lowest BCUT2D eigenvalue weighted by atomic mass is 10.1. The number of fused-ring (bicyclic) bond motifs is 2. The SMILES string of the molecule is Cn1c(SCc2ccc(C(=N)N)cc2)nc2cc(N(c3ccc4ncccc4c3)S(=O)[O-])ccc21. The monoisotopic (exact) mass is 501 g/mol. The second-order valence-corrected chi connectivity index (χ2v) is 9.66. The number of amidine groups is 1. The maximum absolute atomic E-state index is 12.2. The molecule has 5 aromatic rings. The van der Waals surface area contributed by atoms with Crippen molar-refractivity contribution in [2.75, 3.05) is 4.31 Å². The second kappa shape index (κ2) is 9.49. The molecule has 176 valence electrons. The topological polar surface area (TPSA) is 124 Å². The van der Waals surface area contributed by atoms with Gasteiger partial charge in [0.25, 0.3) is 0 Å². The molecule has 0 aliphatic rings. The first-order chi connectivity index (χ1) is 16.9. The summed E-state index contributed by atoms with van der Waals surface area (Å²) >= 11 is -0.941. The van der Waals surface area contributed by atoms with Crippen LogP contribution in [0.1, 0.15) is 11.1 Å². The van der Waals surface area contributed by atoms with Gasteiger partial charge in [0.15, 0.2) is 5.16 Å². The van der Waals surface area contributed by atoms with Crippen LogP contribution in [-0.4, -0.2) is 29.1 Å². The normalized spacial score (nSPS) is 12.2. The molecule has 2 heterocycles. The Bertz CT molecular complexity index is 1580. The van der Waals surface area contributed by atoms with E-state index in [4.69, 9.17) is 16.1 Å². The van der Waals surface area contributed by atoms with Crippen molar-refractivity contribution < 1.29 is 8.76 Å². The van der Waals surface area contributed by atoms with E-state index < -0.39 is 11.3 Å². The van der Waals surface area contributed by atoms with Gasteiger partial charge < -0.3 is 14.9 Å². The van der Waals surface area contributed by atoms with Crippen LogP contribution in [0.5, 0.6) is 0 Å². The van der Waals surface area contributed by atoms with Gasteiger partial charge in [-0.05, 0) is 48.0 Å². The first-order valence-corrected chi connectivity index (χ1v) is 12.7. The van der Waals surface area contributed by atoms with Crippen molar-refractivity contribution in [2.24, 2.45) is 12.8 Å². The first-order valence-electron chi connectivity index (χ1n) is 10.7. The van der Waals surface area contributed by atoms with Crippen LogP contribution in [0.15, 0.2) is 84.1 Å². The number of thioether (sulfide) groups is 1. The van der Waals surface area contributed by atoms with Gasteiger partial charge in [-0.1, -0.05) is 42.1 Å². The lowest BCUT2D eigenvalue weighted by Gasteiger charge is -2.26. The maximum atomic E-state index is 12.2. The number of hydrogen-bond donors (Lipinski definition) is 2. The van der Waals surface area contributed by atoms with Crippen molar-refractivity contribution in [3.8, 4) is 0 Å². The average molecular weight is 502 g/mol. The van der Waals surface area contributed by atoms with Gasteiger partial charge in [0.05, 0.1) is 39.2 Å². The summed E-state index contributed by atoms with van der Waals surface area (Å²) in [6.07, 6.45) is 1.71. The zero-order chi connectivity index (χ0) is 24.5. The zero-order valence-corrected chi connectivity index (χ0v) is 20.3. The van der Waals surface area contributed by atoms with Crippen molar-refractivity contribution in [2.45, 2.75) is 10.9 Å². The molecule has 0 radical (unpaired) electrons. The number of imidazole rings is 1. The number of aryl methyl sites for hydroxylation is 1. The van der Waals surface area contributed by atoms with Gasteiger partial charge in [-0.15, -0.1) is 0 Å². The van der Waals surface area contributed by atoms with Crippen molar-refractivity contribution in [3.63, 3.8) is 0 Å². The van der Waals surface area contributed by atoms with Gasteiger partial charge in [0, 0.05) is 29.9 Å². The Morgan fingerprint density at radius 2 is 1.83 bits per heavy atom. The van der Waals surface area contributed by atoms with Crippen LogP contribution in [0.2, 0.25) is 0 Å². The molecule has 0 aliphatic heterocycles. The number of nitrogen functional groups attached to an aromatic ring is 1. The fourth-order valence-corrected chi connectivity index (χ4v) is 5.37. The summed E-state index contributed by atoms with van der Waals surface area (Å²) in [5.74, 6) is 0.744. The standard InChI is InChI=1S/C25H22N6O2S2/c1-30-23-11-9-20(31(35(32)33)19-8-10-21-18(13-19)3-2-12-28-21)14-22(23)29-25(30)34-15-16-4-6-17(7-5-16)24(26)27/h2-14H,15H2,1H3,(H3,26,27)(H,32,33)/p-1. The van der Waals surface area contributed by atoms with Crippen LogP contribution < -0.4 is 10.0 Å². The number of anilines is 2. The highest BCUT2D eigenvalue weighted by atomic mass is 32.2. The van der Waals surface area contributed by atoms with Crippen LogP contribution >= 0.6 is 11.8 Å². The third-order valence-electron chi connectivity index (χ3n) is 5.66. The molecule has 8 nitrogen and oxygen atoms in total. The largest absolute Gasteiger partial charge is 0.755 e. The van der Waals surface area contributed by atoms with E-state index in [0.717, 1.165) is 27.1 Å². The molecule has 1 atom stereocenters. The van der Waals surface area contributed by atoms with E-state index >= 15 is 0 Å². The molecule has 2 aromatic heterocycles. The Morgan fingerprint density at radius 1 is 1.09 bits per heavy atom. The molecular formula is C25H21N6O2S2-. The van der Waals surface area contributed by atoms with E-state index in [-0.39, 0.29) is 5.84 Å². The van der Waals surface area contributed by atoms with Gasteiger partial charge in [-0.2, -0.15) is 0 Å². The molecule has 0 bridgehead atoms.